The molecule has 0 atom stereocenters. The molecule has 4 nitrogen and oxygen atoms in total. The highest BCUT2D eigenvalue weighted by Crippen LogP contribution is 2.11. The zero-order valence-electron chi connectivity index (χ0n) is 13.6. The van der Waals surface area contributed by atoms with Gasteiger partial charge in [0.1, 0.15) is 0 Å². The molecule has 0 bridgehead atoms. The Labute approximate surface area is 146 Å². The van der Waals surface area contributed by atoms with Crippen LogP contribution in [0.25, 0.3) is 0 Å². The number of nitrogens with two attached hydrogens (primary N) is 1. The third-order valence-electron chi connectivity index (χ3n) is 2.88. The van der Waals surface area contributed by atoms with E-state index in [9.17, 15) is 0 Å². The molecule has 1 aromatic rings. The van der Waals surface area contributed by atoms with Crippen LogP contribution in [0, 0.1) is 0 Å². The largest absolute Gasteiger partial charge is 0.375 e. The molecule has 0 unspecified atom stereocenters. The van der Waals surface area contributed by atoms with Crippen molar-refractivity contribution in [2.45, 2.75) is 39.2 Å². The summed E-state index contributed by atoms with van der Waals surface area (Å²) in [5, 5.41) is 3.16. The molecule has 0 saturated carbocycles. The lowest BCUT2D eigenvalue weighted by molar-refractivity contribution is 0.508. The SMILES string of the molecule is CN(CCCCN=C(N)NC(C)(C)C)c1ccccc1.I. The number of para-hydroxylation sites is 1. The van der Waals surface area contributed by atoms with E-state index in [2.05, 4.69) is 67.3 Å². The van der Waals surface area contributed by atoms with E-state index in [1.54, 1.807) is 0 Å². The van der Waals surface area contributed by atoms with Crippen LogP contribution >= 0.6 is 24.0 Å². The number of nitrogens with zero attached hydrogens (tertiary/aromatic N) is 2. The maximum atomic E-state index is 5.82. The molecule has 21 heavy (non-hydrogen) atoms. The Morgan fingerprint density at radius 3 is 2.38 bits per heavy atom. The van der Waals surface area contributed by atoms with E-state index in [4.69, 9.17) is 5.73 Å². The second kappa shape index (κ2) is 9.87. The van der Waals surface area contributed by atoms with E-state index in [1.807, 2.05) is 6.07 Å². The maximum Gasteiger partial charge on any atom is 0.188 e. The van der Waals surface area contributed by atoms with Gasteiger partial charge in [-0.3, -0.25) is 4.99 Å². The predicted molar refractivity (Wildman–Crippen MR) is 104 cm³/mol. The first-order chi connectivity index (χ1) is 9.38. The van der Waals surface area contributed by atoms with Gasteiger partial charge >= 0.3 is 0 Å². The van der Waals surface area contributed by atoms with Gasteiger partial charge in [0.25, 0.3) is 0 Å². The van der Waals surface area contributed by atoms with Crippen molar-refractivity contribution in [2.24, 2.45) is 10.7 Å². The van der Waals surface area contributed by atoms with Crippen LogP contribution in [-0.4, -0.2) is 31.6 Å². The number of halogens is 1. The van der Waals surface area contributed by atoms with E-state index < -0.39 is 0 Å². The first kappa shape index (κ1) is 20.0. The number of anilines is 1. The number of benzene rings is 1. The van der Waals surface area contributed by atoms with E-state index in [0.717, 1.165) is 25.9 Å². The first-order valence-electron chi connectivity index (χ1n) is 7.23. The molecule has 5 heteroatoms. The summed E-state index contributed by atoms with van der Waals surface area (Å²) in [5.74, 6) is 0.536. The number of rotatable bonds is 6. The number of aliphatic imine (C=N–C) groups is 1. The monoisotopic (exact) mass is 404 g/mol. The molecule has 0 fully saturated rings. The highest BCUT2D eigenvalue weighted by molar-refractivity contribution is 14.0. The fourth-order valence-electron chi connectivity index (χ4n) is 1.90. The molecule has 3 N–H and O–H groups in total. The van der Waals surface area contributed by atoms with Crippen LogP contribution in [0.5, 0.6) is 0 Å². The third kappa shape index (κ3) is 9.55. The van der Waals surface area contributed by atoms with E-state index in [-0.39, 0.29) is 29.5 Å². The Balaban J connectivity index is 0.00000400. The molecule has 1 aromatic carbocycles. The summed E-state index contributed by atoms with van der Waals surface area (Å²) in [5.41, 5.74) is 7.05. The summed E-state index contributed by atoms with van der Waals surface area (Å²) < 4.78 is 0. The minimum Gasteiger partial charge on any atom is -0.375 e. The van der Waals surface area contributed by atoms with Crippen molar-refractivity contribution in [3.8, 4) is 0 Å². The quantitative estimate of drug-likeness (QED) is 0.331. The summed E-state index contributed by atoms with van der Waals surface area (Å²) in [4.78, 5) is 6.61. The predicted octanol–water partition coefficient (Wildman–Crippen LogP) is 3.22. The molecule has 0 amide bonds. The van der Waals surface area contributed by atoms with Crippen LogP contribution in [0.3, 0.4) is 0 Å². The van der Waals surface area contributed by atoms with Gasteiger partial charge in [0.2, 0.25) is 0 Å². The number of hydrogen-bond donors (Lipinski definition) is 2. The van der Waals surface area contributed by atoms with Gasteiger partial charge < -0.3 is 16.0 Å². The van der Waals surface area contributed by atoms with Crippen LogP contribution in [0.4, 0.5) is 5.69 Å². The summed E-state index contributed by atoms with van der Waals surface area (Å²) >= 11 is 0. The van der Waals surface area contributed by atoms with E-state index in [0.29, 0.717) is 5.96 Å². The summed E-state index contributed by atoms with van der Waals surface area (Å²) in [6, 6.07) is 10.4. The van der Waals surface area contributed by atoms with Crippen LogP contribution in [0.1, 0.15) is 33.6 Å². The number of unbranched alkanes of at least 4 members (excludes halogenated alkanes) is 1. The third-order valence-corrected chi connectivity index (χ3v) is 2.88. The Bertz CT molecular complexity index is 412. The molecule has 0 heterocycles. The molecular weight excluding hydrogens is 375 g/mol. The van der Waals surface area contributed by atoms with Crippen molar-refractivity contribution in [1.82, 2.24) is 5.32 Å². The Morgan fingerprint density at radius 1 is 1.19 bits per heavy atom. The van der Waals surface area contributed by atoms with Crippen LogP contribution in [-0.2, 0) is 0 Å². The molecule has 0 spiro atoms. The minimum absolute atomic E-state index is 0. The molecule has 120 valence electrons. The minimum atomic E-state index is -0.0267. The van der Waals surface area contributed by atoms with Gasteiger partial charge in [-0.15, -0.1) is 24.0 Å². The van der Waals surface area contributed by atoms with Crippen molar-refractivity contribution in [1.29, 1.82) is 0 Å². The smallest absolute Gasteiger partial charge is 0.188 e. The van der Waals surface area contributed by atoms with Gasteiger partial charge in [0.15, 0.2) is 5.96 Å². The van der Waals surface area contributed by atoms with Gasteiger partial charge in [0, 0.05) is 31.4 Å². The van der Waals surface area contributed by atoms with E-state index in [1.165, 1.54) is 5.69 Å². The van der Waals surface area contributed by atoms with Gasteiger partial charge in [-0.25, -0.2) is 0 Å². The average molecular weight is 404 g/mol. The fraction of sp³-hybridized carbons (Fsp3) is 0.562. The normalized spacial score (nSPS) is 11.7. The van der Waals surface area contributed by atoms with Crippen molar-refractivity contribution in [3.63, 3.8) is 0 Å². The van der Waals surface area contributed by atoms with Crippen molar-refractivity contribution in [3.05, 3.63) is 30.3 Å². The zero-order chi connectivity index (χ0) is 15.0. The molecule has 0 radical (unpaired) electrons. The Morgan fingerprint density at radius 2 is 1.81 bits per heavy atom. The number of guanidine groups is 1. The lowest BCUT2D eigenvalue weighted by Gasteiger charge is -2.21. The topological polar surface area (TPSA) is 53.6 Å². The summed E-state index contributed by atoms with van der Waals surface area (Å²) in [7, 11) is 2.12. The maximum absolute atomic E-state index is 5.82. The molecule has 0 aliphatic heterocycles. The van der Waals surface area contributed by atoms with Gasteiger partial charge in [-0.1, -0.05) is 18.2 Å². The van der Waals surface area contributed by atoms with Crippen LogP contribution in [0.2, 0.25) is 0 Å². The molecule has 0 aromatic heterocycles. The van der Waals surface area contributed by atoms with Crippen LogP contribution in [0.15, 0.2) is 35.3 Å². The standard InChI is InChI=1S/C16H28N4.HI/c1-16(2,3)19-15(17)18-12-8-9-13-20(4)14-10-6-5-7-11-14;/h5-7,10-11H,8-9,12-13H2,1-4H3,(H3,17,18,19);1H. The van der Waals surface area contributed by atoms with Gasteiger partial charge in [-0.05, 0) is 45.7 Å². The molecule has 0 saturated heterocycles. The number of nitrogens with one attached hydrogen (secondary N) is 1. The second-order valence-electron chi connectivity index (χ2n) is 6.11. The molecular formula is C16H29IN4. The molecule has 1 rings (SSSR count). The fourth-order valence-corrected chi connectivity index (χ4v) is 1.90. The van der Waals surface area contributed by atoms with Crippen molar-refractivity contribution in [2.75, 3.05) is 25.0 Å². The van der Waals surface area contributed by atoms with Crippen LogP contribution < -0.4 is 16.0 Å². The number of hydrogen-bond acceptors (Lipinski definition) is 2. The lowest BCUT2D eigenvalue weighted by atomic mass is 10.1. The Hall–Kier alpha value is -0.980. The van der Waals surface area contributed by atoms with Crippen molar-refractivity contribution < 1.29 is 0 Å². The highest BCUT2D eigenvalue weighted by atomic mass is 127. The molecule has 0 aliphatic rings. The summed E-state index contributed by atoms with van der Waals surface area (Å²) in [6.45, 7) is 8.03. The highest BCUT2D eigenvalue weighted by Gasteiger charge is 2.09. The second-order valence-corrected chi connectivity index (χ2v) is 6.11. The first-order valence-corrected chi connectivity index (χ1v) is 7.23. The zero-order valence-corrected chi connectivity index (χ0v) is 15.9. The van der Waals surface area contributed by atoms with Crippen molar-refractivity contribution >= 4 is 35.6 Å². The Kier molecular flexibility index (Phi) is 9.41. The van der Waals surface area contributed by atoms with Gasteiger partial charge in [0.05, 0.1) is 0 Å². The van der Waals surface area contributed by atoms with Gasteiger partial charge in [-0.2, -0.15) is 0 Å². The van der Waals surface area contributed by atoms with E-state index >= 15 is 0 Å². The average Bonchev–Trinajstić information content (AvgIpc) is 2.37. The summed E-state index contributed by atoms with van der Waals surface area (Å²) in [6.07, 6.45) is 2.15. The lowest BCUT2D eigenvalue weighted by Crippen LogP contribution is -2.45. The molecule has 0 aliphatic carbocycles.